The molecular weight excluding hydrogens is 532 g/mol. The molecule has 2 aromatic heterocycles. The second kappa shape index (κ2) is 9.59. The van der Waals surface area contributed by atoms with Gasteiger partial charge < -0.3 is 25.0 Å². The normalized spacial score (nSPS) is 22.3. The average molecular weight is 566 g/mol. The second-order valence-corrected chi connectivity index (χ2v) is 11.6. The van der Waals surface area contributed by atoms with E-state index in [0.717, 1.165) is 36.2 Å². The molecule has 0 spiro atoms. The molecule has 1 saturated carbocycles. The Morgan fingerprint density at radius 1 is 1.24 bits per heavy atom. The minimum absolute atomic E-state index is 0.0887. The molecular formula is C29H31F2N7O3. The Kier molecular flexibility index (Phi) is 5.56. The van der Waals surface area contributed by atoms with E-state index in [2.05, 4.69) is 25.3 Å². The molecule has 2 bridgehead atoms. The van der Waals surface area contributed by atoms with Crippen molar-refractivity contribution in [2.75, 3.05) is 45.2 Å². The third kappa shape index (κ3) is 4.55. The number of anilines is 1. The Morgan fingerprint density at radius 3 is 2.76 bits per heavy atom. The summed E-state index contributed by atoms with van der Waals surface area (Å²) in [5, 5.41) is 18.4. The van der Waals surface area contributed by atoms with Crippen molar-refractivity contribution in [3.05, 3.63) is 52.5 Å². The van der Waals surface area contributed by atoms with Gasteiger partial charge in [0.05, 0.1) is 26.6 Å². The number of benzene rings is 2. The quantitative estimate of drug-likeness (QED) is 0.350. The molecule has 2 aromatic carbocycles. The first-order chi connectivity index (χ1) is 20.5. The molecule has 12 heteroatoms. The lowest BCUT2D eigenvalue weighted by Crippen LogP contribution is -2.61. The van der Waals surface area contributed by atoms with E-state index in [0.29, 0.717) is 37.1 Å². The van der Waals surface area contributed by atoms with Crippen molar-refractivity contribution < 1.29 is 21.4 Å². The van der Waals surface area contributed by atoms with Crippen molar-refractivity contribution in [2.45, 2.75) is 37.8 Å². The molecule has 0 radical (unpaired) electrons. The maximum Gasteiger partial charge on any atom is 0.319 e. The van der Waals surface area contributed by atoms with E-state index in [1.54, 1.807) is 0 Å². The van der Waals surface area contributed by atoms with Crippen molar-refractivity contribution in [1.29, 1.82) is 0 Å². The fourth-order valence-corrected chi connectivity index (χ4v) is 6.12. The van der Waals surface area contributed by atoms with Crippen LogP contribution in [0.25, 0.3) is 27.4 Å². The predicted molar refractivity (Wildman–Crippen MR) is 150 cm³/mol. The van der Waals surface area contributed by atoms with E-state index in [-0.39, 0.29) is 45.8 Å². The van der Waals surface area contributed by atoms with Gasteiger partial charge in [0.25, 0.3) is 5.56 Å². The van der Waals surface area contributed by atoms with Gasteiger partial charge in [0.2, 0.25) is 0 Å². The monoisotopic (exact) mass is 565 g/mol. The molecule has 41 heavy (non-hydrogen) atoms. The van der Waals surface area contributed by atoms with Gasteiger partial charge in [-0.25, -0.2) is 8.78 Å². The number of rotatable bonds is 7. The molecule has 214 valence electrons. The predicted octanol–water partition coefficient (Wildman–Crippen LogP) is 2.97. The lowest BCUT2D eigenvalue weighted by Gasteiger charge is -2.46. The molecule has 4 fully saturated rings. The van der Waals surface area contributed by atoms with Crippen LogP contribution >= 0.6 is 0 Å². The number of halogens is 2. The first-order valence-electron chi connectivity index (χ1n) is 14.7. The van der Waals surface area contributed by atoms with Gasteiger partial charge in [0.15, 0.2) is 11.6 Å². The summed E-state index contributed by atoms with van der Waals surface area (Å²) in [7, 11) is 3.74. The summed E-state index contributed by atoms with van der Waals surface area (Å²) in [6.45, 7) is -0.313. The van der Waals surface area contributed by atoms with E-state index in [9.17, 15) is 14.3 Å². The number of nitrogens with zero attached hydrogens (tertiary/aromatic N) is 6. The van der Waals surface area contributed by atoms with E-state index in [1.807, 2.05) is 19.0 Å². The summed E-state index contributed by atoms with van der Waals surface area (Å²) in [6.07, 6.45) is 4.56. The maximum atomic E-state index is 15.1. The van der Waals surface area contributed by atoms with Gasteiger partial charge in [-0.05, 0) is 57.3 Å². The molecule has 8 rings (SSSR count). The van der Waals surface area contributed by atoms with Crippen LogP contribution in [0.4, 0.5) is 14.6 Å². The average Bonchev–Trinajstić information content (AvgIpc) is 3.76. The molecule has 3 saturated heterocycles. The molecule has 5 heterocycles. The van der Waals surface area contributed by atoms with Gasteiger partial charge in [-0.2, -0.15) is 19.7 Å². The van der Waals surface area contributed by atoms with Crippen LogP contribution < -0.4 is 20.5 Å². The van der Waals surface area contributed by atoms with E-state index in [1.165, 1.54) is 18.3 Å². The number of nitrogens with one attached hydrogen (secondary N) is 1. The van der Waals surface area contributed by atoms with Crippen LogP contribution in [0.1, 0.15) is 28.4 Å². The van der Waals surface area contributed by atoms with Crippen LogP contribution in [-0.4, -0.2) is 82.1 Å². The van der Waals surface area contributed by atoms with Crippen LogP contribution in [0.5, 0.6) is 11.8 Å². The SMILES string of the molecule is [2H]C([2H])(Oc1nc(N2CC3CCC2CN3)c2cnn(-c3cc(O)cc4ccc(F)c(F)c34)c(=O)c2n1)C1(CN(C)C)CC1. The number of aromatic hydroxyl groups is 1. The van der Waals surface area contributed by atoms with E-state index >= 15 is 4.39 Å². The first-order valence-corrected chi connectivity index (χ1v) is 13.7. The highest BCUT2D eigenvalue weighted by Gasteiger charge is 2.44. The van der Waals surface area contributed by atoms with Crippen LogP contribution in [-0.2, 0) is 0 Å². The largest absolute Gasteiger partial charge is 0.508 e. The summed E-state index contributed by atoms with van der Waals surface area (Å²) >= 11 is 0. The zero-order valence-electron chi connectivity index (χ0n) is 24.7. The zero-order valence-corrected chi connectivity index (χ0v) is 22.7. The topological polar surface area (TPSA) is 109 Å². The number of fused-ring (bicyclic) bond motifs is 5. The Labute approximate surface area is 237 Å². The molecule has 2 N–H and O–H groups in total. The van der Waals surface area contributed by atoms with Gasteiger partial charge in [-0.3, -0.25) is 4.79 Å². The third-order valence-corrected chi connectivity index (χ3v) is 8.25. The highest BCUT2D eigenvalue weighted by molar-refractivity contribution is 5.93. The van der Waals surface area contributed by atoms with Crippen molar-refractivity contribution >= 4 is 27.5 Å². The van der Waals surface area contributed by atoms with Crippen LogP contribution in [0, 0.1) is 17.0 Å². The Morgan fingerprint density at radius 2 is 2.07 bits per heavy atom. The highest BCUT2D eigenvalue weighted by Crippen LogP contribution is 2.46. The summed E-state index contributed by atoms with van der Waals surface area (Å²) in [4.78, 5) is 27.1. The van der Waals surface area contributed by atoms with Gasteiger partial charge in [0, 0.05) is 48.6 Å². The van der Waals surface area contributed by atoms with Crippen LogP contribution in [0.2, 0.25) is 0 Å². The van der Waals surface area contributed by atoms with Gasteiger partial charge >= 0.3 is 6.01 Å². The summed E-state index contributed by atoms with van der Waals surface area (Å²) < 4.78 is 53.8. The van der Waals surface area contributed by atoms with Crippen molar-refractivity contribution in [3.8, 4) is 17.4 Å². The number of phenolic OH excluding ortho intramolecular Hbond substituents is 1. The Balaban J connectivity index is 1.42. The van der Waals surface area contributed by atoms with Gasteiger partial charge in [0.1, 0.15) is 17.1 Å². The first kappa shape index (κ1) is 23.8. The third-order valence-electron chi connectivity index (χ3n) is 8.25. The summed E-state index contributed by atoms with van der Waals surface area (Å²) in [5.74, 6) is -2.17. The highest BCUT2D eigenvalue weighted by atomic mass is 19.2. The fraction of sp³-hybridized carbons (Fsp3) is 0.448. The molecule has 3 aliphatic heterocycles. The van der Waals surface area contributed by atoms with Crippen LogP contribution in [0.15, 0.2) is 35.3 Å². The van der Waals surface area contributed by atoms with Crippen molar-refractivity contribution in [3.63, 3.8) is 0 Å². The minimum Gasteiger partial charge on any atom is -0.508 e. The summed E-state index contributed by atoms with van der Waals surface area (Å²) in [6, 6.07) is 4.67. The lowest BCUT2D eigenvalue weighted by molar-refractivity contribution is 0.183. The minimum atomic E-state index is -2.13. The number of hydrogen-bond acceptors (Lipinski definition) is 9. The number of piperazine rings is 1. The number of ether oxygens (including phenoxy) is 1. The fourth-order valence-electron chi connectivity index (χ4n) is 6.12. The van der Waals surface area contributed by atoms with Gasteiger partial charge in [-0.1, -0.05) is 6.07 Å². The number of piperidine rings is 2. The van der Waals surface area contributed by atoms with E-state index in [4.69, 9.17) is 7.48 Å². The Hall–Kier alpha value is -3.90. The van der Waals surface area contributed by atoms with Crippen LogP contribution in [0.3, 0.4) is 0 Å². The molecule has 1 aliphatic carbocycles. The second-order valence-electron chi connectivity index (χ2n) is 11.6. The molecule has 2 unspecified atom stereocenters. The van der Waals surface area contributed by atoms with Crippen molar-refractivity contribution in [2.24, 2.45) is 5.41 Å². The van der Waals surface area contributed by atoms with Gasteiger partial charge in [-0.15, -0.1) is 0 Å². The number of aromatic nitrogens is 4. The summed E-state index contributed by atoms with van der Waals surface area (Å²) in [5.41, 5.74) is -1.81. The molecule has 10 nitrogen and oxygen atoms in total. The Bertz CT molecular complexity index is 1820. The van der Waals surface area contributed by atoms with Crippen molar-refractivity contribution in [1.82, 2.24) is 30.0 Å². The zero-order chi connectivity index (χ0) is 30.3. The molecule has 0 amide bonds. The van der Waals surface area contributed by atoms with E-state index < -0.39 is 29.2 Å². The standard InChI is InChI=1S/C29H31F2N7O3/c1-36(2)14-29(7-8-29)15-41-28-34-25-20(26(35-28)37-13-17-4-5-18(37)11-32-17)12-33-38(27(25)40)22-10-19(39)9-16-3-6-21(30)24(31)23(16)22/h3,6,9-10,12,17-18,32,39H,4-5,7-8,11,13-15H2,1-2H3/i15D2. The lowest BCUT2D eigenvalue weighted by atomic mass is 9.93. The smallest absolute Gasteiger partial charge is 0.319 e. The molecule has 4 aliphatic rings. The number of hydrogen-bond donors (Lipinski definition) is 2. The maximum absolute atomic E-state index is 15.1. The molecule has 4 aromatic rings. The number of phenols is 1. The molecule has 2 atom stereocenters.